The van der Waals surface area contributed by atoms with E-state index in [0.29, 0.717) is 0 Å². The Labute approximate surface area is 97.7 Å². The van der Waals surface area contributed by atoms with Gasteiger partial charge in [0.05, 0.1) is 6.10 Å². The lowest BCUT2D eigenvalue weighted by Gasteiger charge is -2.10. The number of hydrogen-bond donors (Lipinski definition) is 1. The third-order valence-electron chi connectivity index (χ3n) is 2.64. The van der Waals surface area contributed by atoms with Gasteiger partial charge in [0.1, 0.15) is 5.75 Å². The fourth-order valence-corrected chi connectivity index (χ4v) is 2.53. The maximum atomic E-state index is 9.79. The summed E-state index contributed by atoms with van der Waals surface area (Å²) >= 11 is 3.47. The number of fused-ring (bicyclic) bond motifs is 1. The highest BCUT2D eigenvalue weighted by Gasteiger charge is 2.39. The van der Waals surface area contributed by atoms with Gasteiger partial charge in [0.2, 0.25) is 0 Å². The summed E-state index contributed by atoms with van der Waals surface area (Å²) in [6.07, 6.45) is 0.848. The zero-order chi connectivity index (χ0) is 11.0. The van der Waals surface area contributed by atoms with Gasteiger partial charge >= 0.3 is 7.12 Å². The quantitative estimate of drug-likeness (QED) is 0.836. The molecule has 0 radical (unpaired) electrons. The first-order valence-corrected chi connectivity index (χ1v) is 5.67. The van der Waals surface area contributed by atoms with Gasteiger partial charge in [-0.05, 0) is 24.1 Å². The van der Waals surface area contributed by atoms with Crippen molar-refractivity contribution in [2.45, 2.75) is 19.4 Å². The van der Waals surface area contributed by atoms with Crippen LogP contribution in [0.4, 0.5) is 0 Å². The molecule has 3 nitrogen and oxygen atoms in total. The Morgan fingerprint density at radius 1 is 1.60 bits per heavy atom. The van der Waals surface area contributed by atoms with Crippen LogP contribution < -0.4 is 5.46 Å². The van der Waals surface area contributed by atoms with E-state index in [2.05, 4.69) is 15.9 Å². The Balaban J connectivity index is 2.56. The molecule has 1 aliphatic heterocycles. The molecular formula is C10H12BBrO3. The van der Waals surface area contributed by atoms with Crippen molar-refractivity contribution in [1.29, 1.82) is 0 Å². The third-order valence-corrected chi connectivity index (χ3v) is 3.33. The van der Waals surface area contributed by atoms with E-state index < -0.39 is 7.12 Å². The lowest BCUT2D eigenvalue weighted by atomic mass is 9.78. The summed E-state index contributed by atoms with van der Waals surface area (Å²) in [6, 6.07) is 3.48. The van der Waals surface area contributed by atoms with Crippen molar-refractivity contribution >= 4 is 28.5 Å². The van der Waals surface area contributed by atoms with Crippen LogP contribution in [0.25, 0.3) is 0 Å². The molecule has 0 amide bonds. The Bertz CT molecular complexity index is 348. The molecule has 0 spiro atoms. The van der Waals surface area contributed by atoms with Crippen molar-refractivity contribution in [2.75, 3.05) is 7.11 Å². The van der Waals surface area contributed by atoms with Gasteiger partial charge in [-0.1, -0.05) is 22.9 Å². The average molecular weight is 271 g/mol. The summed E-state index contributed by atoms with van der Waals surface area (Å²) in [5, 5.41) is 9.79. The first-order chi connectivity index (χ1) is 7.19. The number of aromatic hydroxyl groups is 1. The van der Waals surface area contributed by atoms with Gasteiger partial charge < -0.3 is 14.4 Å². The maximum absolute atomic E-state index is 9.79. The predicted octanol–water partition coefficient (Wildman–Crippen LogP) is 1.98. The molecule has 1 atom stereocenters. The van der Waals surface area contributed by atoms with Crippen LogP contribution in [0.5, 0.6) is 5.75 Å². The van der Waals surface area contributed by atoms with Gasteiger partial charge in [0.15, 0.2) is 0 Å². The van der Waals surface area contributed by atoms with E-state index in [9.17, 15) is 5.11 Å². The van der Waals surface area contributed by atoms with Crippen molar-refractivity contribution in [3.05, 3.63) is 22.2 Å². The molecule has 0 saturated heterocycles. The highest BCUT2D eigenvalue weighted by atomic mass is 79.9. The van der Waals surface area contributed by atoms with Crippen molar-refractivity contribution in [2.24, 2.45) is 0 Å². The number of hydrogen-bond acceptors (Lipinski definition) is 3. The van der Waals surface area contributed by atoms with Crippen LogP contribution in [0.15, 0.2) is 16.6 Å². The standard InChI is InChI=1S/C10H12BBrO3/c1-3-8-9-6(12)4-5-7(13)10(9)11(14-2)15-8/h4-5,8,13H,3H2,1-2H3. The van der Waals surface area contributed by atoms with Gasteiger partial charge in [-0.25, -0.2) is 0 Å². The molecule has 1 unspecified atom stereocenters. The minimum Gasteiger partial charge on any atom is -0.508 e. The fourth-order valence-electron chi connectivity index (χ4n) is 1.93. The molecule has 0 saturated carbocycles. The first-order valence-electron chi connectivity index (χ1n) is 4.88. The molecule has 5 heteroatoms. The zero-order valence-electron chi connectivity index (χ0n) is 8.66. The van der Waals surface area contributed by atoms with Crippen LogP contribution in [0.2, 0.25) is 0 Å². The van der Waals surface area contributed by atoms with E-state index in [1.54, 1.807) is 13.2 Å². The summed E-state index contributed by atoms with van der Waals surface area (Å²) in [6.45, 7) is 2.04. The van der Waals surface area contributed by atoms with Crippen molar-refractivity contribution in [1.82, 2.24) is 0 Å². The average Bonchev–Trinajstić information content (AvgIpc) is 2.63. The molecule has 0 aliphatic carbocycles. The van der Waals surface area contributed by atoms with Crippen LogP contribution >= 0.6 is 15.9 Å². The Morgan fingerprint density at radius 2 is 2.33 bits per heavy atom. The molecule has 1 aromatic carbocycles. The molecule has 1 aliphatic rings. The van der Waals surface area contributed by atoms with Crippen LogP contribution in [-0.2, 0) is 9.31 Å². The molecule has 1 heterocycles. The van der Waals surface area contributed by atoms with Gasteiger partial charge in [0, 0.05) is 17.0 Å². The monoisotopic (exact) mass is 270 g/mol. The van der Waals surface area contributed by atoms with Crippen LogP contribution in [0.1, 0.15) is 25.0 Å². The van der Waals surface area contributed by atoms with Crippen LogP contribution in [0, 0.1) is 0 Å². The third kappa shape index (κ3) is 1.69. The Kier molecular flexibility index (Phi) is 3.04. The highest BCUT2D eigenvalue weighted by molar-refractivity contribution is 9.10. The molecule has 1 N–H and O–H groups in total. The van der Waals surface area contributed by atoms with Gasteiger partial charge in [-0.2, -0.15) is 0 Å². The summed E-state index contributed by atoms with van der Waals surface area (Å²) in [4.78, 5) is 0. The highest BCUT2D eigenvalue weighted by Crippen LogP contribution is 2.35. The second kappa shape index (κ2) is 4.16. The fraction of sp³-hybridized carbons (Fsp3) is 0.400. The second-order valence-corrected chi connectivity index (χ2v) is 4.35. The van der Waals surface area contributed by atoms with Crippen molar-refractivity contribution in [3.8, 4) is 5.75 Å². The van der Waals surface area contributed by atoms with Gasteiger partial charge in [-0.15, -0.1) is 0 Å². The normalized spacial score (nSPS) is 19.4. The molecule has 2 rings (SSSR count). The number of benzene rings is 1. The molecule has 15 heavy (non-hydrogen) atoms. The smallest absolute Gasteiger partial charge is 0.498 e. The van der Waals surface area contributed by atoms with Crippen LogP contribution in [-0.4, -0.2) is 19.3 Å². The van der Waals surface area contributed by atoms with E-state index in [4.69, 9.17) is 9.31 Å². The summed E-state index contributed by atoms with van der Waals surface area (Å²) < 4.78 is 11.8. The number of phenols is 1. The van der Waals surface area contributed by atoms with E-state index in [1.807, 2.05) is 13.0 Å². The summed E-state index contributed by atoms with van der Waals surface area (Å²) in [5.74, 6) is 0.232. The number of rotatable bonds is 2. The number of halogens is 1. The summed E-state index contributed by atoms with van der Waals surface area (Å²) in [5.41, 5.74) is 1.75. The number of phenolic OH excluding ortho intramolecular Hbond substituents is 1. The molecule has 0 aromatic heterocycles. The summed E-state index contributed by atoms with van der Waals surface area (Å²) in [7, 11) is 1.12. The van der Waals surface area contributed by atoms with Crippen LogP contribution in [0.3, 0.4) is 0 Å². The Hall–Kier alpha value is -0.515. The van der Waals surface area contributed by atoms with E-state index in [1.165, 1.54) is 0 Å². The molecule has 80 valence electrons. The SMILES string of the molecule is CCC1OB(OC)c2c(O)ccc(Br)c21. The molecular weight excluding hydrogens is 259 g/mol. The van der Waals surface area contributed by atoms with Gasteiger partial charge in [0.25, 0.3) is 0 Å². The Morgan fingerprint density at radius 3 is 2.93 bits per heavy atom. The minimum atomic E-state index is -0.456. The molecule has 0 bridgehead atoms. The lowest BCUT2D eigenvalue weighted by Crippen LogP contribution is -2.31. The topological polar surface area (TPSA) is 38.7 Å². The lowest BCUT2D eigenvalue weighted by molar-refractivity contribution is 0.171. The largest absolute Gasteiger partial charge is 0.508 e. The maximum Gasteiger partial charge on any atom is 0.498 e. The minimum absolute atomic E-state index is 0.00794. The van der Waals surface area contributed by atoms with E-state index in [0.717, 1.165) is 21.9 Å². The molecule has 0 fully saturated rings. The second-order valence-electron chi connectivity index (χ2n) is 3.49. The predicted molar refractivity (Wildman–Crippen MR) is 62.3 cm³/mol. The van der Waals surface area contributed by atoms with E-state index in [-0.39, 0.29) is 11.9 Å². The zero-order valence-corrected chi connectivity index (χ0v) is 10.2. The molecule has 1 aromatic rings. The van der Waals surface area contributed by atoms with Gasteiger partial charge in [-0.3, -0.25) is 0 Å². The van der Waals surface area contributed by atoms with Crippen molar-refractivity contribution in [3.63, 3.8) is 0 Å². The van der Waals surface area contributed by atoms with Crippen molar-refractivity contribution < 1.29 is 14.4 Å². The first kappa shape index (κ1) is 11.0. The van der Waals surface area contributed by atoms with E-state index >= 15 is 0 Å².